The number of halogens is 1. The van der Waals surface area contributed by atoms with Crippen molar-refractivity contribution in [2.24, 2.45) is 0 Å². The van der Waals surface area contributed by atoms with E-state index in [9.17, 15) is 4.79 Å². The number of carbonyl (C=O) groups excluding carboxylic acids is 1. The van der Waals surface area contributed by atoms with Gasteiger partial charge in [0.05, 0.1) is 40.4 Å². The summed E-state index contributed by atoms with van der Waals surface area (Å²) >= 11 is 6.03. The third-order valence-electron chi connectivity index (χ3n) is 4.04. The van der Waals surface area contributed by atoms with E-state index < -0.39 is 0 Å². The molecular weight excluding hydrogens is 340 g/mol. The first kappa shape index (κ1) is 17.6. The number of morpholine rings is 1. The average Bonchev–Trinajstić information content (AvgIpc) is 2.57. The van der Waals surface area contributed by atoms with Crippen molar-refractivity contribution in [1.29, 1.82) is 0 Å². The molecule has 1 fully saturated rings. The molecule has 1 aliphatic heterocycles. The zero-order valence-corrected chi connectivity index (χ0v) is 15.2. The second-order valence-corrected chi connectivity index (χ2v) is 6.72. The highest BCUT2D eigenvalue weighted by molar-refractivity contribution is 6.31. The van der Waals surface area contributed by atoms with Crippen LogP contribution in [0.3, 0.4) is 0 Å². The third kappa shape index (κ3) is 4.27. The molecule has 0 spiro atoms. The van der Waals surface area contributed by atoms with Gasteiger partial charge in [-0.1, -0.05) is 11.6 Å². The Hall–Kier alpha value is -2.18. The second kappa shape index (κ2) is 7.37. The summed E-state index contributed by atoms with van der Waals surface area (Å²) < 4.78 is 5.73. The molecular formula is C18H21ClN4O2. The van der Waals surface area contributed by atoms with E-state index in [0.29, 0.717) is 16.3 Å². The molecule has 1 saturated heterocycles. The number of pyridine rings is 2. The summed E-state index contributed by atoms with van der Waals surface area (Å²) in [5, 5.41) is 3.30. The molecule has 1 aliphatic rings. The van der Waals surface area contributed by atoms with Crippen LogP contribution in [-0.2, 0) is 4.74 Å². The Morgan fingerprint density at radius 2 is 1.96 bits per heavy atom. The predicted octanol–water partition coefficient (Wildman–Crippen LogP) is 3.30. The monoisotopic (exact) mass is 360 g/mol. The number of hydrogen-bond donors (Lipinski definition) is 1. The zero-order chi connectivity index (χ0) is 18.0. The van der Waals surface area contributed by atoms with Crippen molar-refractivity contribution in [3.05, 3.63) is 46.9 Å². The van der Waals surface area contributed by atoms with Gasteiger partial charge >= 0.3 is 0 Å². The van der Waals surface area contributed by atoms with Crippen molar-refractivity contribution in [2.45, 2.75) is 33.0 Å². The Morgan fingerprint density at radius 1 is 1.24 bits per heavy atom. The van der Waals surface area contributed by atoms with Gasteiger partial charge < -0.3 is 15.0 Å². The number of nitrogens with zero attached hydrogens (tertiary/aromatic N) is 3. The molecule has 2 aromatic heterocycles. The minimum Gasteiger partial charge on any atom is -0.372 e. The van der Waals surface area contributed by atoms with Crippen LogP contribution in [-0.4, -0.2) is 41.2 Å². The summed E-state index contributed by atoms with van der Waals surface area (Å²) in [6.07, 6.45) is 3.48. The van der Waals surface area contributed by atoms with Gasteiger partial charge in [-0.15, -0.1) is 0 Å². The van der Waals surface area contributed by atoms with Crippen LogP contribution < -0.4 is 10.2 Å². The number of nitrogens with one attached hydrogen (secondary N) is 1. The summed E-state index contributed by atoms with van der Waals surface area (Å²) in [7, 11) is 0. The molecule has 1 N–H and O–H groups in total. The van der Waals surface area contributed by atoms with Crippen molar-refractivity contribution in [3.63, 3.8) is 0 Å². The molecule has 1 amide bonds. The van der Waals surface area contributed by atoms with Gasteiger partial charge in [0.1, 0.15) is 5.82 Å². The highest BCUT2D eigenvalue weighted by Crippen LogP contribution is 2.20. The van der Waals surface area contributed by atoms with E-state index in [-0.39, 0.29) is 18.1 Å². The Kier molecular flexibility index (Phi) is 5.20. The number of aryl methyl sites for hydroxylation is 1. The zero-order valence-electron chi connectivity index (χ0n) is 14.5. The topological polar surface area (TPSA) is 67.4 Å². The van der Waals surface area contributed by atoms with Gasteiger partial charge in [0.25, 0.3) is 5.91 Å². The van der Waals surface area contributed by atoms with E-state index in [2.05, 4.69) is 20.2 Å². The van der Waals surface area contributed by atoms with Crippen LogP contribution >= 0.6 is 11.6 Å². The predicted molar refractivity (Wildman–Crippen MR) is 98.4 cm³/mol. The van der Waals surface area contributed by atoms with E-state index in [4.69, 9.17) is 16.3 Å². The van der Waals surface area contributed by atoms with Crippen LogP contribution in [0.1, 0.15) is 29.9 Å². The molecule has 3 heterocycles. The van der Waals surface area contributed by atoms with Gasteiger partial charge in [-0.2, -0.15) is 0 Å². The van der Waals surface area contributed by atoms with Gasteiger partial charge in [0.15, 0.2) is 0 Å². The Labute approximate surface area is 152 Å². The molecule has 0 saturated carbocycles. The number of anilines is 2. The van der Waals surface area contributed by atoms with Gasteiger partial charge in [-0.05, 0) is 39.0 Å². The molecule has 0 radical (unpaired) electrons. The number of amides is 1. The lowest BCUT2D eigenvalue weighted by Gasteiger charge is -2.36. The van der Waals surface area contributed by atoms with Crippen LogP contribution in [0.25, 0.3) is 0 Å². The largest absolute Gasteiger partial charge is 0.372 e. The average molecular weight is 361 g/mol. The quantitative estimate of drug-likeness (QED) is 0.909. The molecule has 7 heteroatoms. The molecule has 132 valence electrons. The number of rotatable bonds is 3. The molecule has 2 aromatic rings. The molecule has 0 bridgehead atoms. The molecule has 3 rings (SSSR count). The summed E-state index contributed by atoms with van der Waals surface area (Å²) in [5.74, 6) is 0.600. The van der Waals surface area contributed by atoms with E-state index in [1.165, 1.54) is 0 Å². The molecule has 6 nitrogen and oxygen atoms in total. The number of carbonyl (C=O) groups is 1. The summed E-state index contributed by atoms with van der Waals surface area (Å²) in [4.78, 5) is 23.1. The fourth-order valence-electron chi connectivity index (χ4n) is 2.85. The lowest BCUT2D eigenvalue weighted by Crippen LogP contribution is -2.45. The fraction of sp³-hybridized carbons (Fsp3) is 0.389. The van der Waals surface area contributed by atoms with Crippen molar-refractivity contribution >= 4 is 29.0 Å². The maximum absolute atomic E-state index is 12.3. The normalized spacial score (nSPS) is 20.4. The van der Waals surface area contributed by atoms with Gasteiger partial charge in [-0.25, -0.2) is 4.98 Å². The summed E-state index contributed by atoms with van der Waals surface area (Å²) in [6, 6.07) is 5.31. The lowest BCUT2D eigenvalue weighted by atomic mass is 10.2. The maximum atomic E-state index is 12.3. The molecule has 0 aromatic carbocycles. The maximum Gasteiger partial charge on any atom is 0.257 e. The van der Waals surface area contributed by atoms with Gasteiger partial charge in [-0.3, -0.25) is 9.78 Å². The first-order valence-corrected chi connectivity index (χ1v) is 8.60. The standard InChI is InChI=1S/C18H21ClN4O2/c1-11-9-23(10-12(2)25-11)17-5-4-14(7-21-17)18(24)22-15-6-16(19)13(3)20-8-15/h4-8,11-12H,9-10H2,1-3H3,(H,22,24). The minimum absolute atomic E-state index is 0.160. The molecule has 2 unspecified atom stereocenters. The van der Waals surface area contributed by atoms with Crippen molar-refractivity contribution in [2.75, 3.05) is 23.3 Å². The van der Waals surface area contributed by atoms with Gasteiger partial charge in [0, 0.05) is 19.3 Å². The summed E-state index contributed by atoms with van der Waals surface area (Å²) in [5.41, 5.74) is 1.76. The molecule has 25 heavy (non-hydrogen) atoms. The highest BCUT2D eigenvalue weighted by Gasteiger charge is 2.23. The molecule has 2 atom stereocenters. The number of aromatic nitrogens is 2. The number of ether oxygens (including phenoxy) is 1. The van der Waals surface area contributed by atoms with Crippen LogP contribution in [0.4, 0.5) is 11.5 Å². The smallest absolute Gasteiger partial charge is 0.257 e. The van der Waals surface area contributed by atoms with E-state index in [1.54, 1.807) is 24.5 Å². The van der Waals surface area contributed by atoms with Crippen LogP contribution in [0.2, 0.25) is 5.02 Å². The summed E-state index contributed by atoms with van der Waals surface area (Å²) in [6.45, 7) is 7.48. The van der Waals surface area contributed by atoms with Crippen molar-refractivity contribution < 1.29 is 9.53 Å². The van der Waals surface area contributed by atoms with Gasteiger partial charge in [0.2, 0.25) is 0 Å². The van der Waals surface area contributed by atoms with Crippen molar-refractivity contribution in [3.8, 4) is 0 Å². The lowest BCUT2D eigenvalue weighted by molar-refractivity contribution is -0.00546. The van der Waals surface area contributed by atoms with Crippen LogP contribution in [0.5, 0.6) is 0 Å². The first-order valence-electron chi connectivity index (χ1n) is 8.22. The van der Waals surface area contributed by atoms with E-state index in [0.717, 1.165) is 24.6 Å². The minimum atomic E-state index is -0.246. The Morgan fingerprint density at radius 3 is 2.56 bits per heavy atom. The van der Waals surface area contributed by atoms with Crippen LogP contribution in [0, 0.1) is 6.92 Å². The Balaban J connectivity index is 1.69. The SMILES string of the molecule is Cc1ncc(NC(=O)c2ccc(N3CC(C)OC(C)C3)nc2)cc1Cl. The molecule has 0 aliphatic carbocycles. The van der Waals surface area contributed by atoms with Crippen molar-refractivity contribution in [1.82, 2.24) is 9.97 Å². The second-order valence-electron chi connectivity index (χ2n) is 6.31. The number of hydrogen-bond acceptors (Lipinski definition) is 5. The first-order chi connectivity index (χ1) is 11.9. The van der Waals surface area contributed by atoms with Crippen LogP contribution in [0.15, 0.2) is 30.6 Å². The fourth-order valence-corrected chi connectivity index (χ4v) is 3.02. The third-order valence-corrected chi connectivity index (χ3v) is 4.42. The Bertz CT molecular complexity index is 756. The van der Waals surface area contributed by atoms with E-state index >= 15 is 0 Å². The van der Waals surface area contributed by atoms with E-state index in [1.807, 2.05) is 26.8 Å². The highest BCUT2D eigenvalue weighted by atomic mass is 35.5.